The molecule has 0 aliphatic carbocycles. The molecular weight excluding hydrogens is 276 g/mol. The van der Waals surface area contributed by atoms with E-state index in [0.29, 0.717) is 25.4 Å². The first kappa shape index (κ1) is 14.6. The SMILES string of the molecule is O=C1CC[C@@H](Cn2ccccc2=O)CN1Cc1ccccc1. The Morgan fingerprint density at radius 2 is 1.77 bits per heavy atom. The van der Waals surface area contributed by atoms with Gasteiger partial charge in [-0.15, -0.1) is 0 Å². The van der Waals surface area contributed by atoms with E-state index < -0.39 is 0 Å². The third-order valence-corrected chi connectivity index (χ3v) is 4.17. The average molecular weight is 296 g/mol. The first-order valence-corrected chi connectivity index (χ1v) is 7.69. The first-order chi connectivity index (χ1) is 10.7. The molecule has 0 N–H and O–H groups in total. The molecule has 1 atom stereocenters. The molecule has 1 aliphatic heterocycles. The van der Waals surface area contributed by atoms with Crippen molar-refractivity contribution < 1.29 is 4.79 Å². The Morgan fingerprint density at radius 1 is 1.00 bits per heavy atom. The molecule has 4 nitrogen and oxygen atoms in total. The van der Waals surface area contributed by atoms with E-state index >= 15 is 0 Å². The molecule has 1 aliphatic rings. The highest BCUT2D eigenvalue weighted by Gasteiger charge is 2.25. The topological polar surface area (TPSA) is 42.3 Å². The van der Waals surface area contributed by atoms with Gasteiger partial charge >= 0.3 is 0 Å². The fraction of sp³-hybridized carbons (Fsp3) is 0.333. The minimum absolute atomic E-state index is 0.0222. The van der Waals surface area contributed by atoms with Gasteiger partial charge in [-0.2, -0.15) is 0 Å². The summed E-state index contributed by atoms with van der Waals surface area (Å²) in [6, 6.07) is 15.2. The van der Waals surface area contributed by atoms with Gasteiger partial charge in [0.25, 0.3) is 5.56 Å². The lowest BCUT2D eigenvalue weighted by atomic mass is 9.96. The largest absolute Gasteiger partial charge is 0.338 e. The maximum Gasteiger partial charge on any atom is 0.250 e. The summed E-state index contributed by atoms with van der Waals surface area (Å²) in [5.74, 6) is 0.544. The molecule has 3 rings (SSSR count). The van der Waals surface area contributed by atoms with E-state index in [9.17, 15) is 9.59 Å². The van der Waals surface area contributed by atoms with Gasteiger partial charge in [0.15, 0.2) is 0 Å². The number of pyridine rings is 1. The van der Waals surface area contributed by atoms with Gasteiger partial charge in [-0.25, -0.2) is 0 Å². The number of carbonyl (C=O) groups excluding carboxylic acids is 1. The Balaban J connectivity index is 1.67. The van der Waals surface area contributed by atoms with E-state index in [1.807, 2.05) is 47.5 Å². The van der Waals surface area contributed by atoms with Crippen molar-refractivity contribution in [3.8, 4) is 0 Å². The summed E-state index contributed by atoms with van der Waals surface area (Å²) in [4.78, 5) is 25.8. The third kappa shape index (κ3) is 3.45. The van der Waals surface area contributed by atoms with Crippen LogP contribution in [-0.4, -0.2) is 21.9 Å². The molecule has 2 aromatic rings. The fourth-order valence-electron chi connectivity index (χ4n) is 2.99. The summed E-state index contributed by atoms with van der Waals surface area (Å²) in [6.07, 6.45) is 3.24. The standard InChI is InChI=1S/C18H20N2O2/c21-17-8-4-5-11-19(17)13-16-9-10-18(22)20(14-16)12-15-6-2-1-3-7-15/h1-8,11,16H,9-10,12-14H2/t16-/m0/s1. The van der Waals surface area contributed by atoms with Crippen LogP contribution in [0.3, 0.4) is 0 Å². The summed E-state index contributed by atoms with van der Waals surface area (Å²) in [5, 5.41) is 0. The number of nitrogens with zero attached hydrogens (tertiary/aromatic N) is 2. The van der Waals surface area contributed by atoms with Crippen molar-refractivity contribution in [1.82, 2.24) is 9.47 Å². The fourth-order valence-corrected chi connectivity index (χ4v) is 2.99. The van der Waals surface area contributed by atoms with Crippen LogP contribution in [-0.2, 0) is 17.9 Å². The minimum atomic E-state index is 0.0222. The maximum absolute atomic E-state index is 12.1. The van der Waals surface area contributed by atoms with Gasteiger partial charge in [0.05, 0.1) is 0 Å². The number of amides is 1. The molecule has 1 aromatic carbocycles. The summed E-state index contributed by atoms with van der Waals surface area (Å²) < 4.78 is 1.74. The summed E-state index contributed by atoms with van der Waals surface area (Å²) in [5.41, 5.74) is 1.17. The monoisotopic (exact) mass is 296 g/mol. The number of hydrogen-bond donors (Lipinski definition) is 0. The number of piperidine rings is 1. The average Bonchev–Trinajstić information content (AvgIpc) is 2.54. The van der Waals surface area contributed by atoms with E-state index in [0.717, 1.165) is 18.5 Å². The van der Waals surface area contributed by atoms with Crippen molar-refractivity contribution in [3.63, 3.8) is 0 Å². The van der Waals surface area contributed by atoms with Crippen LogP contribution in [0.4, 0.5) is 0 Å². The Bertz CT molecular complexity index is 693. The molecule has 114 valence electrons. The molecule has 0 spiro atoms. The molecule has 0 saturated carbocycles. The number of benzene rings is 1. The van der Waals surface area contributed by atoms with Crippen LogP contribution < -0.4 is 5.56 Å². The predicted octanol–water partition coefficient (Wildman–Crippen LogP) is 2.29. The van der Waals surface area contributed by atoms with Gasteiger partial charge in [0, 0.05) is 38.3 Å². The van der Waals surface area contributed by atoms with Crippen LogP contribution in [0.1, 0.15) is 18.4 Å². The third-order valence-electron chi connectivity index (χ3n) is 4.17. The molecule has 1 aromatic heterocycles. The van der Waals surface area contributed by atoms with E-state index in [4.69, 9.17) is 0 Å². The lowest BCUT2D eigenvalue weighted by molar-refractivity contribution is -0.135. The second-order valence-electron chi connectivity index (χ2n) is 5.86. The molecule has 0 radical (unpaired) electrons. The molecule has 1 saturated heterocycles. The molecule has 1 fully saturated rings. The quantitative estimate of drug-likeness (QED) is 0.868. The van der Waals surface area contributed by atoms with Gasteiger partial charge in [0.2, 0.25) is 5.91 Å². The zero-order valence-corrected chi connectivity index (χ0v) is 12.5. The number of hydrogen-bond acceptors (Lipinski definition) is 2. The highest BCUT2D eigenvalue weighted by Crippen LogP contribution is 2.20. The second kappa shape index (κ2) is 6.60. The van der Waals surface area contributed by atoms with Crippen molar-refractivity contribution in [2.45, 2.75) is 25.9 Å². The van der Waals surface area contributed by atoms with Crippen molar-refractivity contribution >= 4 is 5.91 Å². The van der Waals surface area contributed by atoms with Gasteiger partial charge in [0.1, 0.15) is 0 Å². The Hall–Kier alpha value is -2.36. The zero-order valence-electron chi connectivity index (χ0n) is 12.5. The van der Waals surface area contributed by atoms with Crippen LogP contribution in [0.25, 0.3) is 0 Å². The van der Waals surface area contributed by atoms with E-state index in [-0.39, 0.29) is 11.5 Å². The van der Waals surface area contributed by atoms with Gasteiger partial charge < -0.3 is 9.47 Å². The van der Waals surface area contributed by atoms with Crippen molar-refractivity contribution in [2.24, 2.45) is 5.92 Å². The molecule has 2 heterocycles. The normalized spacial score (nSPS) is 18.5. The van der Waals surface area contributed by atoms with Crippen LogP contribution in [0, 0.1) is 5.92 Å². The Morgan fingerprint density at radius 3 is 2.55 bits per heavy atom. The molecule has 22 heavy (non-hydrogen) atoms. The summed E-state index contributed by atoms with van der Waals surface area (Å²) in [6.45, 7) is 2.05. The highest BCUT2D eigenvalue weighted by molar-refractivity contribution is 5.76. The van der Waals surface area contributed by atoms with E-state index in [2.05, 4.69) is 0 Å². The van der Waals surface area contributed by atoms with E-state index in [1.165, 1.54) is 0 Å². The molecule has 1 amide bonds. The zero-order chi connectivity index (χ0) is 15.4. The van der Waals surface area contributed by atoms with Gasteiger partial charge in [-0.3, -0.25) is 9.59 Å². The first-order valence-electron chi connectivity index (χ1n) is 7.69. The van der Waals surface area contributed by atoms with Crippen LogP contribution >= 0.6 is 0 Å². The Kier molecular flexibility index (Phi) is 4.37. The molecular formula is C18H20N2O2. The molecule has 0 unspecified atom stereocenters. The van der Waals surface area contributed by atoms with Crippen LogP contribution in [0.5, 0.6) is 0 Å². The molecule has 0 bridgehead atoms. The second-order valence-corrected chi connectivity index (χ2v) is 5.86. The van der Waals surface area contributed by atoms with Crippen molar-refractivity contribution in [3.05, 3.63) is 70.6 Å². The van der Waals surface area contributed by atoms with Crippen molar-refractivity contribution in [1.29, 1.82) is 0 Å². The van der Waals surface area contributed by atoms with E-state index in [1.54, 1.807) is 16.7 Å². The number of carbonyl (C=O) groups is 1. The van der Waals surface area contributed by atoms with Crippen LogP contribution in [0.2, 0.25) is 0 Å². The van der Waals surface area contributed by atoms with Crippen LogP contribution in [0.15, 0.2) is 59.5 Å². The van der Waals surface area contributed by atoms with Crippen molar-refractivity contribution in [2.75, 3.05) is 6.54 Å². The predicted molar refractivity (Wildman–Crippen MR) is 85.3 cm³/mol. The lowest BCUT2D eigenvalue weighted by Crippen LogP contribution is -2.41. The van der Waals surface area contributed by atoms with Gasteiger partial charge in [-0.1, -0.05) is 36.4 Å². The molecule has 4 heteroatoms. The number of rotatable bonds is 4. The van der Waals surface area contributed by atoms with Gasteiger partial charge in [-0.05, 0) is 24.0 Å². The maximum atomic E-state index is 12.1. The summed E-state index contributed by atoms with van der Waals surface area (Å²) in [7, 11) is 0. The highest BCUT2D eigenvalue weighted by atomic mass is 16.2. The number of aromatic nitrogens is 1. The Labute approximate surface area is 130 Å². The minimum Gasteiger partial charge on any atom is -0.338 e. The summed E-state index contributed by atoms with van der Waals surface area (Å²) >= 11 is 0. The number of likely N-dealkylation sites (tertiary alicyclic amines) is 1. The lowest BCUT2D eigenvalue weighted by Gasteiger charge is -2.33. The smallest absolute Gasteiger partial charge is 0.250 e.